The van der Waals surface area contributed by atoms with Crippen molar-refractivity contribution in [3.8, 4) is 0 Å². The molecule has 100 valence electrons. The average Bonchev–Trinajstić information content (AvgIpc) is 2.31. The highest BCUT2D eigenvalue weighted by molar-refractivity contribution is 5.95. The lowest BCUT2D eigenvalue weighted by molar-refractivity contribution is -0.682. The molecule has 0 spiro atoms. The first-order valence-corrected chi connectivity index (χ1v) is 6.42. The van der Waals surface area contributed by atoms with Crippen molar-refractivity contribution in [2.24, 2.45) is 12.0 Å². The fourth-order valence-electron chi connectivity index (χ4n) is 2.13. The summed E-state index contributed by atoms with van der Waals surface area (Å²) in [6, 6.07) is 2.08. The van der Waals surface area contributed by atoms with Gasteiger partial charge in [0.2, 0.25) is 0 Å². The van der Waals surface area contributed by atoms with Gasteiger partial charge in [0.25, 0.3) is 5.82 Å². The number of rotatable bonds is 1. The first kappa shape index (κ1) is 13.5. The summed E-state index contributed by atoms with van der Waals surface area (Å²) in [6.07, 6.45) is 4.18. The third kappa shape index (κ3) is 2.72. The van der Waals surface area contributed by atoms with Gasteiger partial charge in [0.15, 0.2) is 5.69 Å². The summed E-state index contributed by atoms with van der Waals surface area (Å²) < 4.78 is 2.08. The third-order valence-electron chi connectivity index (χ3n) is 3.43. The summed E-state index contributed by atoms with van der Waals surface area (Å²) in [5.41, 5.74) is 4.36. The second-order valence-corrected chi connectivity index (χ2v) is 5.03. The number of allylic oxidation sites excluding steroid dienone is 2. The number of hydrogen-bond donors (Lipinski definition) is 0. The van der Waals surface area contributed by atoms with Crippen LogP contribution in [-0.2, 0) is 7.05 Å². The molecule has 0 radical (unpaired) electrons. The lowest BCUT2D eigenvalue weighted by Gasteiger charge is -2.24. The Bertz CT molecular complexity index is 609. The minimum absolute atomic E-state index is 0.957. The van der Waals surface area contributed by atoms with E-state index in [-0.39, 0.29) is 0 Å². The van der Waals surface area contributed by atoms with E-state index in [9.17, 15) is 0 Å². The summed E-state index contributed by atoms with van der Waals surface area (Å²) in [7, 11) is 4.06. The molecule has 0 saturated carbocycles. The molecule has 1 aromatic rings. The van der Waals surface area contributed by atoms with Crippen LogP contribution in [-0.4, -0.2) is 22.6 Å². The molecule has 2 heterocycles. The number of hydrogen-bond acceptors (Lipinski definition) is 3. The summed E-state index contributed by atoms with van der Waals surface area (Å²) in [6.45, 7) is 8.14. The molecule has 0 atom stereocenters. The predicted octanol–water partition coefficient (Wildman–Crippen LogP) is 2.13. The Morgan fingerprint density at radius 1 is 1.21 bits per heavy atom. The van der Waals surface area contributed by atoms with E-state index in [1.54, 1.807) is 0 Å². The van der Waals surface area contributed by atoms with E-state index in [4.69, 9.17) is 0 Å². The van der Waals surface area contributed by atoms with Crippen LogP contribution < -0.4 is 4.57 Å². The molecule has 0 aromatic carbocycles. The molecule has 0 fully saturated rings. The van der Waals surface area contributed by atoms with Crippen molar-refractivity contribution in [3.63, 3.8) is 0 Å². The van der Waals surface area contributed by atoms with Crippen molar-refractivity contribution < 1.29 is 4.57 Å². The van der Waals surface area contributed by atoms with E-state index in [1.807, 2.05) is 34.9 Å². The zero-order valence-corrected chi connectivity index (χ0v) is 12.5. The van der Waals surface area contributed by atoms with Crippen molar-refractivity contribution in [3.05, 3.63) is 40.9 Å². The lowest BCUT2D eigenvalue weighted by atomic mass is 10.2. The Balaban J connectivity index is 2.50. The van der Waals surface area contributed by atoms with Crippen LogP contribution in [0.5, 0.6) is 0 Å². The maximum atomic E-state index is 4.60. The van der Waals surface area contributed by atoms with Gasteiger partial charge in [-0.2, -0.15) is 0 Å². The Kier molecular flexibility index (Phi) is 3.51. The van der Waals surface area contributed by atoms with E-state index < -0.39 is 0 Å². The molecule has 0 N–H and O–H groups in total. The highest BCUT2D eigenvalue weighted by Gasteiger charge is 2.15. The Hall–Kier alpha value is -1.97. The SMILES string of the molecule is CC1=CC(C)=NC(=Cc2cc(C)nc(C)[n+]2C)N1C. The minimum Gasteiger partial charge on any atom is -0.333 e. The normalized spacial score (nSPS) is 17.6. The summed E-state index contributed by atoms with van der Waals surface area (Å²) in [5, 5.41) is 0. The zero-order chi connectivity index (χ0) is 14.2. The quantitative estimate of drug-likeness (QED) is 0.722. The van der Waals surface area contributed by atoms with Crippen molar-refractivity contribution in [2.45, 2.75) is 27.7 Å². The second kappa shape index (κ2) is 4.96. The molecule has 4 heteroatoms. The van der Waals surface area contributed by atoms with Crippen molar-refractivity contribution in [1.82, 2.24) is 9.88 Å². The molecular weight excluding hydrogens is 236 g/mol. The number of nitrogens with zero attached hydrogens (tertiary/aromatic N) is 4. The van der Waals surface area contributed by atoms with Gasteiger partial charge in [-0.05, 0) is 19.9 Å². The molecule has 0 aliphatic carbocycles. The average molecular weight is 257 g/mol. The molecule has 4 nitrogen and oxygen atoms in total. The molecule has 0 saturated heterocycles. The molecule has 2 rings (SSSR count). The fraction of sp³-hybridized carbons (Fsp3) is 0.400. The van der Waals surface area contributed by atoms with Gasteiger partial charge < -0.3 is 4.90 Å². The van der Waals surface area contributed by atoms with Crippen LogP contribution in [0.4, 0.5) is 0 Å². The molecule has 0 amide bonds. The van der Waals surface area contributed by atoms with E-state index in [1.165, 1.54) is 5.70 Å². The standard InChI is InChI=1S/C15H21N4/c1-10-7-12(3)18(5)15(17-10)9-14-8-11(2)16-13(4)19(14)6/h7-9H,1-6H3/q+1. The summed E-state index contributed by atoms with van der Waals surface area (Å²) in [4.78, 5) is 11.1. The van der Waals surface area contributed by atoms with Gasteiger partial charge in [0, 0.05) is 44.4 Å². The molecule has 19 heavy (non-hydrogen) atoms. The topological polar surface area (TPSA) is 32.4 Å². The van der Waals surface area contributed by atoms with Crippen LogP contribution in [0.15, 0.2) is 28.7 Å². The Labute approximate surface area is 114 Å². The van der Waals surface area contributed by atoms with E-state index >= 15 is 0 Å². The van der Waals surface area contributed by atoms with E-state index in [0.717, 1.165) is 28.7 Å². The largest absolute Gasteiger partial charge is 0.333 e. The van der Waals surface area contributed by atoms with Crippen LogP contribution >= 0.6 is 0 Å². The molecular formula is C15H21N4+. The van der Waals surface area contributed by atoms with Gasteiger partial charge in [-0.3, -0.25) is 0 Å². The smallest absolute Gasteiger partial charge is 0.295 e. The molecule has 1 aromatic heterocycles. The van der Waals surface area contributed by atoms with Crippen LogP contribution in [0.25, 0.3) is 6.08 Å². The van der Waals surface area contributed by atoms with Crippen LogP contribution in [0, 0.1) is 13.8 Å². The lowest BCUT2D eigenvalue weighted by Crippen LogP contribution is -2.37. The van der Waals surface area contributed by atoms with Gasteiger partial charge in [-0.15, -0.1) is 0 Å². The first-order chi connectivity index (χ1) is 8.88. The molecule has 0 bridgehead atoms. The van der Waals surface area contributed by atoms with Crippen molar-refractivity contribution in [1.29, 1.82) is 0 Å². The van der Waals surface area contributed by atoms with Crippen molar-refractivity contribution >= 4 is 11.8 Å². The maximum absolute atomic E-state index is 4.60. The maximum Gasteiger partial charge on any atom is 0.295 e. The van der Waals surface area contributed by atoms with Crippen LogP contribution in [0.1, 0.15) is 31.1 Å². The highest BCUT2D eigenvalue weighted by Crippen LogP contribution is 2.19. The molecule has 1 aliphatic heterocycles. The Morgan fingerprint density at radius 3 is 2.58 bits per heavy atom. The van der Waals surface area contributed by atoms with Gasteiger partial charge in [-0.1, -0.05) is 4.98 Å². The summed E-state index contributed by atoms with van der Waals surface area (Å²) >= 11 is 0. The second-order valence-electron chi connectivity index (χ2n) is 5.03. The molecule has 1 aliphatic rings. The minimum atomic E-state index is 0.957. The van der Waals surface area contributed by atoms with Gasteiger partial charge in [0.1, 0.15) is 11.5 Å². The highest BCUT2D eigenvalue weighted by atomic mass is 15.2. The number of aromatic nitrogens is 2. The number of aliphatic imine (C=N–C) groups is 1. The fourth-order valence-corrected chi connectivity index (χ4v) is 2.13. The number of aryl methyl sites for hydroxylation is 2. The van der Waals surface area contributed by atoms with Gasteiger partial charge >= 0.3 is 0 Å². The van der Waals surface area contributed by atoms with Crippen molar-refractivity contribution in [2.75, 3.05) is 7.05 Å². The van der Waals surface area contributed by atoms with Crippen LogP contribution in [0.2, 0.25) is 0 Å². The third-order valence-corrected chi connectivity index (χ3v) is 3.43. The van der Waals surface area contributed by atoms with E-state index in [0.29, 0.717) is 0 Å². The van der Waals surface area contributed by atoms with E-state index in [2.05, 4.69) is 44.6 Å². The monoisotopic (exact) mass is 257 g/mol. The Morgan fingerprint density at radius 2 is 1.89 bits per heavy atom. The van der Waals surface area contributed by atoms with Crippen LogP contribution in [0.3, 0.4) is 0 Å². The van der Waals surface area contributed by atoms with Gasteiger partial charge in [-0.25, -0.2) is 9.56 Å². The van der Waals surface area contributed by atoms with Gasteiger partial charge in [0.05, 0.1) is 7.05 Å². The predicted molar refractivity (Wildman–Crippen MR) is 77.5 cm³/mol. The first-order valence-electron chi connectivity index (χ1n) is 6.42. The zero-order valence-electron chi connectivity index (χ0n) is 12.5. The summed E-state index contributed by atoms with van der Waals surface area (Å²) in [5.74, 6) is 1.95. The molecule has 0 unspecified atom stereocenters.